The summed E-state index contributed by atoms with van der Waals surface area (Å²) in [6.07, 6.45) is 8.26. The van der Waals surface area contributed by atoms with Crippen molar-refractivity contribution in [3.63, 3.8) is 0 Å². The van der Waals surface area contributed by atoms with Gasteiger partial charge in [0.15, 0.2) is 0 Å². The van der Waals surface area contributed by atoms with Crippen LogP contribution in [0.1, 0.15) is 26.7 Å². The summed E-state index contributed by atoms with van der Waals surface area (Å²) in [5, 5.41) is 9.10. The van der Waals surface area contributed by atoms with Gasteiger partial charge >= 0.3 is 0 Å². The minimum Gasteiger partial charge on any atom is -0.393 e. The quantitative estimate of drug-likeness (QED) is 0.643. The van der Waals surface area contributed by atoms with Crippen LogP contribution in [0.2, 0.25) is 0 Å². The van der Waals surface area contributed by atoms with Gasteiger partial charge in [-0.2, -0.15) is 0 Å². The summed E-state index contributed by atoms with van der Waals surface area (Å²) < 4.78 is 0. The summed E-state index contributed by atoms with van der Waals surface area (Å²) in [6, 6.07) is 0. The molecule has 0 radical (unpaired) electrons. The van der Waals surface area contributed by atoms with E-state index in [1.807, 2.05) is 6.92 Å². The average molecular weight is 152 g/mol. The molecule has 0 aliphatic heterocycles. The molecule has 0 heterocycles. The van der Waals surface area contributed by atoms with Gasteiger partial charge in [-0.15, -0.1) is 0 Å². The normalized spacial score (nSPS) is 26.5. The van der Waals surface area contributed by atoms with E-state index in [9.17, 15) is 0 Å². The molecule has 0 saturated heterocycles. The zero-order valence-electron chi connectivity index (χ0n) is 7.25. The van der Waals surface area contributed by atoms with Crippen LogP contribution in [-0.4, -0.2) is 11.2 Å². The lowest BCUT2D eigenvalue weighted by molar-refractivity contribution is 0.196. The molecule has 0 amide bonds. The topological polar surface area (TPSA) is 20.2 Å². The van der Waals surface area contributed by atoms with E-state index in [4.69, 9.17) is 5.11 Å². The molecule has 0 aromatic rings. The lowest BCUT2D eigenvalue weighted by Crippen LogP contribution is -2.03. The highest BCUT2D eigenvalue weighted by Crippen LogP contribution is 2.18. The Bertz CT molecular complexity index is 177. The average Bonchev–Trinajstić information content (AvgIpc) is 1.93. The van der Waals surface area contributed by atoms with Crippen LogP contribution in [0, 0.1) is 5.92 Å². The van der Waals surface area contributed by atoms with Crippen molar-refractivity contribution in [1.82, 2.24) is 0 Å². The minimum absolute atomic E-state index is 0.209. The maximum absolute atomic E-state index is 9.10. The van der Waals surface area contributed by atoms with E-state index in [0.717, 1.165) is 12.8 Å². The van der Waals surface area contributed by atoms with E-state index >= 15 is 0 Å². The number of hydrogen-bond donors (Lipinski definition) is 1. The Labute approximate surface area is 68.4 Å². The van der Waals surface area contributed by atoms with Crippen molar-refractivity contribution in [2.45, 2.75) is 32.8 Å². The molecule has 0 bridgehead atoms. The lowest BCUT2D eigenvalue weighted by Gasteiger charge is -2.12. The van der Waals surface area contributed by atoms with Crippen molar-refractivity contribution in [1.29, 1.82) is 0 Å². The molecule has 0 spiro atoms. The van der Waals surface area contributed by atoms with Crippen LogP contribution in [0.5, 0.6) is 0 Å². The number of allylic oxidation sites excluding steroid dienone is 3. The van der Waals surface area contributed by atoms with Gasteiger partial charge < -0.3 is 5.11 Å². The number of rotatable bonds is 2. The SMILES string of the molecule is CC(O)CC1=CCC(C)C=C1. The van der Waals surface area contributed by atoms with Gasteiger partial charge in [-0.25, -0.2) is 0 Å². The smallest absolute Gasteiger partial charge is 0.0552 e. The van der Waals surface area contributed by atoms with Crippen molar-refractivity contribution >= 4 is 0 Å². The molecule has 1 N–H and O–H groups in total. The summed E-state index contributed by atoms with van der Waals surface area (Å²) in [7, 11) is 0. The van der Waals surface area contributed by atoms with E-state index in [0.29, 0.717) is 5.92 Å². The second kappa shape index (κ2) is 3.72. The summed E-state index contributed by atoms with van der Waals surface area (Å²) >= 11 is 0. The second-order valence-corrected chi connectivity index (χ2v) is 3.40. The fourth-order valence-corrected chi connectivity index (χ4v) is 1.26. The maximum Gasteiger partial charge on any atom is 0.0552 e. The van der Waals surface area contributed by atoms with Crippen LogP contribution in [0.25, 0.3) is 0 Å². The first-order valence-corrected chi connectivity index (χ1v) is 4.24. The Hall–Kier alpha value is -0.560. The van der Waals surface area contributed by atoms with Crippen molar-refractivity contribution in [3.05, 3.63) is 23.8 Å². The third-order valence-electron chi connectivity index (χ3n) is 1.92. The standard InChI is InChI=1S/C10H16O/c1-8-3-5-10(6-4-8)7-9(2)11/h3,5-6,8-9,11H,4,7H2,1-2H3. The Morgan fingerprint density at radius 2 is 2.45 bits per heavy atom. The second-order valence-electron chi connectivity index (χ2n) is 3.40. The van der Waals surface area contributed by atoms with Gasteiger partial charge in [-0.3, -0.25) is 0 Å². The van der Waals surface area contributed by atoms with Crippen LogP contribution in [-0.2, 0) is 0 Å². The van der Waals surface area contributed by atoms with E-state index in [1.165, 1.54) is 5.57 Å². The Balaban J connectivity index is 2.43. The first-order chi connectivity index (χ1) is 5.18. The van der Waals surface area contributed by atoms with Crippen molar-refractivity contribution in [2.24, 2.45) is 5.92 Å². The Kier molecular flexibility index (Phi) is 2.89. The largest absolute Gasteiger partial charge is 0.393 e. The predicted molar refractivity (Wildman–Crippen MR) is 47.3 cm³/mol. The van der Waals surface area contributed by atoms with Gasteiger partial charge in [0.2, 0.25) is 0 Å². The highest BCUT2D eigenvalue weighted by atomic mass is 16.3. The van der Waals surface area contributed by atoms with E-state index in [-0.39, 0.29) is 6.10 Å². The molecule has 1 nitrogen and oxygen atoms in total. The van der Waals surface area contributed by atoms with Gasteiger partial charge in [-0.1, -0.05) is 25.2 Å². The van der Waals surface area contributed by atoms with Gasteiger partial charge in [0.1, 0.15) is 0 Å². The molecule has 62 valence electrons. The number of hydrogen-bond acceptors (Lipinski definition) is 1. The number of aliphatic hydroxyl groups excluding tert-OH is 1. The van der Waals surface area contributed by atoms with E-state index < -0.39 is 0 Å². The molecule has 1 aliphatic carbocycles. The molecule has 1 aliphatic rings. The maximum atomic E-state index is 9.10. The predicted octanol–water partition coefficient (Wildman–Crippen LogP) is 2.28. The van der Waals surface area contributed by atoms with Crippen molar-refractivity contribution < 1.29 is 5.11 Å². The molecule has 0 fully saturated rings. The summed E-state index contributed by atoms with van der Waals surface area (Å²) in [4.78, 5) is 0. The first-order valence-electron chi connectivity index (χ1n) is 4.24. The zero-order valence-corrected chi connectivity index (χ0v) is 7.25. The van der Waals surface area contributed by atoms with E-state index in [1.54, 1.807) is 0 Å². The molecular formula is C10H16O. The van der Waals surface area contributed by atoms with Crippen LogP contribution in [0.3, 0.4) is 0 Å². The van der Waals surface area contributed by atoms with Gasteiger partial charge in [0.05, 0.1) is 6.10 Å². The van der Waals surface area contributed by atoms with Gasteiger partial charge in [0.25, 0.3) is 0 Å². The molecule has 2 unspecified atom stereocenters. The van der Waals surface area contributed by atoms with E-state index in [2.05, 4.69) is 25.2 Å². The van der Waals surface area contributed by atoms with Crippen LogP contribution >= 0.6 is 0 Å². The molecule has 1 heteroatoms. The first kappa shape index (κ1) is 8.54. The van der Waals surface area contributed by atoms with Crippen molar-refractivity contribution in [3.8, 4) is 0 Å². The van der Waals surface area contributed by atoms with Crippen molar-refractivity contribution in [2.75, 3.05) is 0 Å². The van der Waals surface area contributed by atoms with Crippen LogP contribution in [0.15, 0.2) is 23.8 Å². The molecule has 2 atom stereocenters. The molecule has 1 rings (SSSR count). The summed E-state index contributed by atoms with van der Waals surface area (Å²) in [5.41, 5.74) is 1.28. The molecule has 0 aromatic carbocycles. The zero-order chi connectivity index (χ0) is 8.27. The third-order valence-corrected chi connectivity index (χ3v) is 1.92. The van der Waals surface area contributed by atoms with Gasteiger partial charge in [0, 0.05) is 0 Å². The molecule has 0 aromatic heterocycles. The fraction of sp³-hybridized carbons (Fsp3) is 0.600. The fourth-order valence-electron chi connectivity index (χ4n) is 1.26. The highest BCUT2D eigenvalue weighted by molar-refractivity contribution is 5.23. The number of aliphatic hydroxyl groups is 1. The monoisotopic (exact) mass is 152 g/mol. The summed E-state index contributed by atoms with van der Waals surface area (Å²) in [5.74, 6) is 0.674. The highest BCUT2D eigenvalue weighted by Gasteiger charge is 2.04. The summed E-state index contributed by atoms with van der Waals surface area (Å²) in [6.45, 7) is 4.03. The Morgan fingerprint density at radius 3 is 2.91 bits per heavy atom. The third kappa shape index (κ3) is 2.89. The van der Waals surface area contributed by atoms with Crippen LogP contribution in [0.4, 0.5) is 0 Å². The lowest BCUT2D eigenvalue weighted by atomic mass is 9.96. The van der Waals surface area contributed by atoms with Crippen LogP contribution < -0.4 is 0 Å². The Morgan fingerprint density at radius 1 is 1.73 bits per heavy atom. The minimum atomic E-state index is -0.209. The molecule has 0 saturated carbocycles. The van der Waals surface area contributed by atoms with Gasteiger partial charge in [-0.05, 0) is 31.3 Å². The molecular weight excluding hydrogens is 136 g/mol. The molecule has 11 heavy (non-hydrogen) atoms.